The fourth-order valence-electron chi connectivity index (χ4n) is 2.75. The van der Waals surface area contributed by atoms with Gasteiger partial charge < -0.3 is 10.6 Å². The average molecular weight is 420 g/mol. The maximum absolute atomic E-state index is 13.2. The summed E-state index contributed by atoms with van der Waals surface area (Å²) in [4.78, 5) is 38.0. The number of anilines is 1. The first-order valence-electron chi connectivity index (χ1n) is 7.75. The van der Waals surface area contributed by atoms with Gasteiger partial charge in [-0.05, 0) is 42.8 Å². The molecular formula is C18H15BrFN3O3. The molecule has 0 bridgehead atoms. The van der Waals surface area contributed by atoms with Crippen LogP contribution in [0.3, 0.4) is 0 Å². The summed E-state index contributed by atoms with van der Waals surface area (Å²) in [6, 6.07) is 11.7. The molecule has 0 unspecified atom stereocenters. The highest BCUT2D eigenvalue weighted by atomic mass is 79.9. The lowest BCUT2D eigenvalue weighted by molar-refractivity contribution is -0.133. The third-order valence-corrected chi connectivity index (χ3v) is 4.58. The molecule has 3 rings (SSSR count). The Morgan fingerprint density at radius 1 is 1.23 bits per heavy atom. The quantitative estimate of drug-likeness (QED) is 0.747. The van der Waals surface area contributed by atoms with E-state index in [0.717, 1.165) is 15.4 Å². The van der Waals surface area contributed by atoms with Crippen LogP contribution < -0.4 is 10.6 Å². The van der Waals surface area contributed by atoms with E-state index in [1.54, 1.807) is 31.2 Å². The van der Waals surface area contributed by atoms with Crippen molar-refractivity contribution in [2.75, 3.05) is 11.9 Å². The highest BCUT2D eigenvalue weighted by molar-refractivity contribution is 9.10. The van der Waals surface area contributed by atoms with Gasteiger partial charge in [0.2, 0.25) is 5.91 Å². The molecule has 1 atom stereocenters. The van der Waals surface area contributed by atoms with Gasteiger partial charge in [0.05, 0.1) is 0 Å². The number of hydrogen-bond acceptors (Lipinski definition) is 3. The smallest absolute Gasteiger partial charge is 0.324 e. The van der Waals surface area contributed by atoms with Gasteiger partial charge in [-0.15, -0.1) is 0 Å². The number of amides is 4. The lowest BCUT2D eigenvalue weighted by atomic mass is 9.92. The van der Waals surface area contributed by atoms with Crippen molar-refractivity contribution in [1.82, 2.24) is 10.2 Å². The number of rotatable bonds is 4. The maximum atomic E-state index is 13.2. The van der Waals surface area contributed by atoms with Crippen molar-refractivity contribution in [2.24, 2.45) is 0 Å². The lowest BCUT2D eigenvalue weighted by Crippen LogP contribution is -2.42. The Morgan fingerprint density at radius 2 is 1.96 bits per heavy atom. The fraction of sp³-hybridized carbons (Fsp3) is 0.167. The first-order chi connectivity index (χ1) is 12.3. The highest BCUT2D eigenvalue weighted by Crippen LogP contribution is 2.30. The monoisotopic (exact) mass is 419 g/mol. The number of halogens is 2. The molecule has 1 fully saturated rings. The SMILES string of the molecule is C[C@@]1(c2cccc(Br)c2)NC(=O)N(CC(=O)Nc2cccc(F)c2)C1=O. The van der Waals surface area contributed by atoms with Crippen LogP contribution in [0, 0.1) is 5.82 Å². The van der Waals surface area contributed by atoms with Crippen LogP contribution in [0.1, 0.15) is 12.5 Å². The van der Waals surface area contributed by atoms with E-state index < -0.39 is 35.7 Å². The fourth-order valence-corrected chi connectivity index (χ4v) is 3.15. The Morgan fingerprint density at radius 3 is 2.65 bits per heavy atom. The van der Waals surface area contributed by atoms with E-state index in [9.17, 15) is 18.8 Å². The second kappa shape index (κ2) is 6.87. The molecule has 1 saturated heterocycles. The average Bonchev–Trinajstić information content (AvgIpc) is 2.79. The zero-order chi connectivity index (χ0) is 18.9. The molecule has 4 amide bonds. The molecular weight excluding hydrogens is 405 g/mol. The third-order valence-electron chi connectivity index (χ3n) is 4.09. The van der Waals surface area contributed by atoms with E-state index in [4.69, 9.17) is 0 Å². The van der Waals surface area contributed by atoms with Gasteiger partial charge in [-0.1, -0.05) is 34.1 Å². The van der Waals surface area contributed by atoms with E-state index >= 15 is 0 Å². The van der Waals surface area contributed by atoms with Gasteiger partial charge in [-0.2, -0.15) is 0 Å². The van der Waals surface area contributed by atoms with Gasteiger partial charge >= 0.3 is 6.03 Å². The minimum atomic E-state index is -1.26. The van der Waals surface area contributed by atoms with Crippen molar-refractivity contribution >= 4 is 39.5 Å². The number of carbonyl (C=O) groups is 3. The van der Waals surface area contributed by atoms with Gasteiger partial charge in [-0.25, -0.2) is 9.18 Å². The number of hydrogen-bond donors (Lipinski definition) is 2. The van der Waals surface area contributed by atoms with E-state index in [2.05, 4.69) is 26.6 Å². The van der Waals surface area contributed by atoms with Crippen molar-refractivity contribution in [3.8, 4) is 0 Å². The lowest BCUT2D eigenvalue weighted by Gasteiger charge is -2.22. The van der Waals surface area contributed by atoms with Gasteiger partial charge in [0.25, 0.3) is 5.91 Å². The molecule has 1 heterocycles. The number of benzene rings is 2. The molecule has 0 saturated carbocycles. The highest BCUT2D eigenvalue weighted by Gasteiger charge is 2.49. The molecule has 1 aliphatic rings. The predicted molar refractivity (Wildman–Crippen MR) is 96.8 cm³/mol. The van der Waals surface area contributed by atoms with Crippen molar-refractivity contribution in [2.45, 2.75) is 12.5 Å². The van der Waals surface area contributed by atoms with Crippen LogP contribution in [0.5, 0.6) is 0 Å². The molecule has 1 aliphatic heterocycles. The van der Waals surface area contributed by atoms with Crippen LogP contribution in [-0.2, 0) is 15.1 Å². The number of carbonyl (C=O) groups excluding carboxylic acids is 3. The Labute approximate surface area is 157 Å². The van der Waals surface area contributed by atoms with E-state index in [1.807, 2.05) is 0 Å². The molecule has 2 aromatic carbocycles. The Bertz CT molecular complexity index is 905. The Hall–Kier alpha value is -2.74. The van der Waals surface area contributed by atoms with Crippen LogP contribution in [0.15, 0.2) is 53.0 Å². The molecule has 0 aromatic heterocycles. The summed E-state index contributed by atoms with van der Waals surface area (Å²) in [5.74, 6) is -1.63. The van der Waals surface area contributed by atoms with Crippen LogP contribution in [0.4, 0.5) is 14.9 Å². The zero-order valence-electron chi connectivity index (χ0n) is 13.8. The largest absolute Gasteiger partial charge is 0.325 e. The summed E-state index contributed by atoms with van der Waals surface area (Å²) < 4.78 is 13.9. The van der Waals surface area contributed by atoms with E-state index in [-0.39, 0.29) is 5.69 Å². The van der Waals surface area contributed by atoms with Crippen LogP contribution >= 0.6 is 15.9 Å². The first kappa shape index (κ1) is 18.1. The Balaban J connectivity index is 1.76. The topological polar surface area (TPSA) is 78.5 Å². The van der Waals surface area contributed by atoms with Crippen LogP contribution in [0.2, 0.25) is 0 Å². The maximum Gasteiger partial charge on any atom is 0.325 e. The predicted octanol–water partition coefficient (Wildman–Crippen LogP) is 2.99. The number of urea groups is 1. The standard InChI is InChI=1S/C18H15BrFN3O3/c1-18(11-4-2-5-12(19)8-11)16(25)23(17(26)22-18)10-15(24)21-14-7-3-6-13(20)9-14/h2-9H,10H2,1H3,(H,21,24)(H,22,26)/t18-/m0/s1. The summed E-state index contributed by atoms with van der Waals surface area (Å²) >= 11 is 3.33. The number of nitrogens with one attached hydrogen (secondary N) is 2. The van der Waals surface area contributed by atoms with Crippen molar-refractivity contribution in [3.05, 3.63) is 64.4 Å². The van der Waals surface area contributed by atoms with Crippen LogP contribution in [-0.4, -0.2) is 29.3 Å². The summed E-state index contributed by atoms with van der Waals surface area (Å²) in [7, 11) is 0. The van der Waals surface area contributed by atoms with Gasteiger partial charge in [0.1, 0.15) is 17.9 Å². The molecule has 134 valence electrons. The molecule has 2 aromatic rings. The molecule has 6 nitrogen and oxygen atoms in total. The number of nitrogens with zero attached hydrogens (tertiary/aromatic N) is 1. The van der Waals surface area contributed by atoms with Crippen LogP contribution in [0.25, 0.3) is 0 Å². The number of imide groups is 1. The van der Waals surface area contributed by atoms with Gasteiger partial charge in [0, 0.05) is 10.2 Å². The van der Waals surface area contributed by atoms with Gasteiger partial charge in [0.15, 0.2) is 0 Å². The molecule has 0 aliphatic carbocycles. The van der Waals surface area contributed by atoms with Gasteiger partial charge in [-0.3, -0.25) is 14.5 Å². The molecule has 2 N–H and O–H groups in total. The molecule has 26 heavy (non-hydrogen) atoms. The second-order valence-electron chi connectivity index (χ2n) is 6.02. The summed E-state index contributed by atoms with van der Waals surface area (Å²) in [6.07, 6.45) is 0. The summed E-state index contributed by atoms with van der Waals surface area (Å²) in [5, 5.41) is 5.10. The second-order valence-corrected chi connectivity index (χ2v) is 6.93. The summed E-state index contributed by atoms with van der Waals surface area (Å²) in [6.45, 7) is 1.12. The molecule has 0 spiro atoms. The van der Waals surface area contributed by atoms with Crippen molar-refractivity contribution in [1.29, 1.82) is 0 Å². The molecule has 0 radical (unpaired) electrons. The van der Waals surface area contributed by atoms with E-state index in [1.165, 1.54) is 18.2 Å². The van der Waals surface area contributed by atoms with Crippen molar-refractivity contribution in [3.63, 3.8) is 0 Å². The summed E-state index contributed by atoms with van der Waals surface area (Å²) in [5.41, 5.74) is -0.421. The zero-order valence-corrected chi connectivity index (χ0v) is 15.3. The third kappa shape index (κ3) is 3.45. The van der Waals surface area contributed by atoms with Crippen molar-refractivity contribution < 1.29 is 18.8 Å². The molecule has 8 heteroatoms. The minimum absolute atomic E-state index is 0.247. The first-order valence-corrected chi connectivity index (χ1v) is 8.54. The minimum Gasteiger partial charge on any atom is -0.324 e. The van der Waals surface area contributed by atoms with E-state index in [0.29, 0.717) is 5.56 Å². The normalized spacial score (nSPS) is 19.4. The Kier molecular flexibility index (Phi) is 4.78.